The maximum absolute atomic E-state index is 11.9. The number of nitrogens with zero attached hydrogens (tertiary/aromatic N) is 1. The van der Waals surface area contributed by atoms with Crippen LogP contribution in [-0.4, -0.2) is 100 Å². The zero-order valence-electron chi connectivity index (χ0n) is 20.2. The van der Waals surface area contributed by atoms with E-state index < -0.39 is 0 Å². The number of esters is 2. The van der Waals surface area contributed by atoms with Crippen molar-refractivity contribution in [2.45, 2.75) is 47.0 Å². The quantitative estimate of drug-likeness (QED) is 0.211. The molecule has 0 aliphatic heterocycles. The van der Waals surface area contributed by atoms with E-state index in [1.165, 1.54) is 6.92 Å². The molecular formula is C22H42N2O8. The highest BCUT2D eigenvalue weighted by Crippen LogP contribution is 2.14. The van der Waals surface area contributed by atoms with Gasteiger partial charge in [0.1, 0.15) is 13.2 Å². The summed E-state index contributed by atoms with van der Waals surface area (Å²) in [5.74, 6) is -0.772. The fourth-order valence-corrected chi connectivity index (χ4v) is 2.71. The normalized spacial score (nSPS) is 11.4. The number of rotatable bonds is 19. The molecule has 0 atom stereocenters. The van der Waals surface area contributed by atoms with Gasteiger partial charge in [-0.15, -0.1) is 0 Å². The van der Waals surface area contributed by atoms with Gasteiger partial charge in [-0.1, -0.05) is 20.8 Å². The van der Waals surface area contributed by atoms with E-state index >= 15 is 0 Å². The summed E-state index contributed by atoms with van der Waals surface area (Å²) in [6.45, 7) is 12.2. The van der Waals surface area contributed by atoms with Crippen molar-refractivity contribution in [3.05, 3.63) is 0 Å². The Hall–Kier alpha value is -1.75. The Morgan fingerprint density at radius 2 is 1.50 bits per heavy atom. The maximum atomic E-state index is 11.9. The van der Waals surface area contributed by atoms with Crippen LogP contribution in [0.25, 0.3) is 0 Å². The van der Waals surface area contributed by atoms with Crippen molar-refractivity contribution < 1.29 is 38.4 Å². The summed E-state index contributed by atoms with van der Waals surface area (Å²) >= 11 is 0. The molecule has 0 spiro atoms. The van der Waals surface area contributed by atoms with Crippen molar-refractivity contribution in [3.8, 4) is 0 Å². The summed E-state index contributed by atoms with van der Waals surface area (Å²) in [4.78, 5) is 36.1. The highest BCUT2D eigenvalue weighted by Gasteiger charge is 2.17. The number of carbonyl (C=O) groups excluding carboxylic acids is 3. The lowest BCUT2D eigenvalue weighted by molar-refractivity contribution is -0.144. The van der Waals surface area contributed by atoms with Gasteiger partial charge in [-0.05, 0) is 11.8 Å². The lowest BCUT2D eigenvalue weighted by Crippen LogP contribution is -2.38. The van der Waals surface area contributed by atoms with Crippen LogP contribution in [0.1, 0.15) is 47.0 Å². The molecule has 0 bridgehead atoms. The smallest absolute Gasteiger partial charge is 0.305 e. The van der Waals surface area contributed by atoms with Crippen molar-refractivity contribution >= 4 is 17.8 Å². The predicted octanol–water partition coefficient (Wildman–Crippen LogP) is 0.753. The van der Waals surface area contributed by atoms with E-state index in [1.54, 1.807) is 0 Å². The largest absolute Gasteiger partial charge is 0.465 e. The van der Waals surface area contributed by atoms with Crippen LogP contribution in [-0.2, 0) is 33.3 Å². The molecule has 0 saturated carbocycles. The first-order valence-corrected chi connectivity index (χ1v) is 11.2. The van der Waals surface area contributed by atoms with E-state index in [0.29, 0.717) is 65.7 Å². The summed E-state index contributed by atoms with van der Waals surface area (Å²) in [6, 6.07) is 0. The number of aliphatic hydroxyl groups is 1. The standard InChI is InChI=1S/C22H42N2O8/c1-19(26)31-14-9-24(18-22(2,3)4)10-15-32-21(28)6-5-12-29-16-17-30-13-8-23-20(27)7-11-25/h25H,5-18H2,1-4H3,(H,23,27). The molecule has 188 valence electrons. The molecule has 0 aromatic heterocycles. The Labute approximate surface area is 191 Å². The molecule has 0 aliphatic rings. The zero-order valence-corrected chi connectivity index (χ0v) is 20.2. The van der Waals surface area contributed by atoms with Crippen molar-refractivity contribution in [3.63, 3.8) is 0 Å². The minimum absolute atomic E-state index is 0.0785. The Morgan fingerprint density at radius 1 is 0.875 bits per heavy atom. The van der Waals surface area contributed by atoms with Crippen molar-refractivity contribution in [2.24, 2.45) is 5.41 Å². The Bertz CT molecular complexity index is 523. The topological polar surface area (TPSA) is 124 Å². The van der Waals surface area contributed by atoms with E-state index in [2.05, 4.69) is 31.0 Å². The molecule has 2 N–H and O–H groups in total. The predicted molar refractivity (Wildman–Crippen MR) is 119 cm³/mol. The molecule has 32 heavy (non-hydrogen) atoms. The number of hydrogen-bond donors (Lipinski definition) is 2. The van der Waals surface area contributed by atoms with Crippen LogP contribution in [0.5, 0.6) is 0 Å². The Morgan fingerprint density at radius 3 is 2.09 bits per heavy atom. The molecule has 0 aromatic carbocycles. The molecule has 0 radical (unpaired) electrons. The SMILES string of the molecule is CC(=O)OCCN(CCOC(=O)CCCOCCOCCNC(=O)CCO)CC(C)(C)C. The minimum atomic E-state index is -0.302. The molecule has 0 heterocycles. The molecule has 0 saturated heterocycles. The number of amides is 1. The highest BCUT2D eigenvalue weighted by atomic mass is 16.5. The number of carbonyl (C=O) groups is 3. The third kappa shape index (κ3) is 21.5. The molecule has 0 aliphatic carbocycles. The summed E-state index contributed by atoms with van der Waals surface area (Å²) in [5, 5.41) is 11.2. The van der Waals surface area contributed by atoms with E-state index in [0.717, 1.165) is 6.54 Å². The zero-order chi connectivity index (χ0) is 24.2. The molecule has 10 nitrogen and oxygen atoms in total. The Kier molecular flexibility index (Phi) is 17.8. The fourth-order valence-electron chi connectivity index (χ4n) is 2.71. The van der Waals surface area contributed by atoms with Gasteiger partial charge in [-0.25, -0.2) is 0 Å². The van der Waals surface area contributed by atoms with Crippen LogP contribution >= 0.6 is 0 Å². The second-order valence-corrected chi connectivity index (χ2v) is 8.55. The monoisotopic (exact) mass is 462 g/mol. The van der Waals surface area contributed by atoms with Gasteiger partial charge in [0.15, 0.2) is 0 Å². The first-order valence-electron chi connectivity index (χ1n) is 11.2. The lowest BCUT2D eigenvalue weighted by atomic mass is 9.96. The summed E-state index contributed by atoms with van der Waals surface area (Å²) in [5.41, 5.74) is 0.0785. The molecule has 0 unspecified atom stereocenters. The van der Waals surface area contributed by atoms with Crippen LogP contribution in [0.15, 0.2) is 0 Å². The molecule has 0 aromatic rings. The number of aliphatic hydroxyl groups excluding tert-OH is 1. The molecule has 10 heteroatoms. The van der Waals surface area contributed by atoms with Crippen molar-refractivity contribution in [2.75, 3.05) is 72.4 Å². The van der Waals surface area contributed by atoms with Crippen LogP contribution < -0.4 is 5.32 Å². The van der Waals surface area contributed by atoms with Gasteiger partial charge < -0.3 is 29.4 Å². The van der Waals surface area contributed by atoms with Gasteiger partial charge >= 0.3 is 11.9 Å². The minimum Gasteiger partial charge on any atom is -0.465 e. The van der Waals surface area contributed by atoms with E-state index in [9.17, 15) is 14.4 Å². The van der Waals surface area contributed by atoms with E-state index in [4.69, 9.17) is 24.1 Å². The maximum Gasteiger partial charge on any atom is 0.305 e. The van der Waals surface area contributed by atoms with Gasteiger partial charge in [0.2, 0.25) is 5.91 Å². The average molecular weight is 463 g/mol. The van der Waals surface area contributed by atoms with Crippen LogP contribution in [0, 0.1) is 5.41 Å². The van der Waals surface area contributed by atoms with Gasteiger partial charge in [0, 0.05) is 52.6 Å². The third-order valence-corrected chi connectivity index (χ3v) is 4.03. The van der Waals surface area contributed by atoms with Crippen LogP contribution in [0.3, 0.4) is 0 Å². The van der Waals surface area contributed by atoms with Gasteiger partial charge in [0.05, 0.1) is 26.4 Å². The van der Waals surface area contributed by atoms with Crippen molar-refractivity contribution in [1.29, 1.82) is 0 Å². The highest BCUT2D eigenvalue weighted by molar-refractivity contribution is 5.75. The van der Waals surface area contributed by atoms with Gasteiger partial charge in [0.25, 0.3) is 0 Å². The molecule has 1 amide bonds. The lowest BCUT2D eigenvalue weighted by Gasteiger charge is -2.29. The molecular weight excluding hydrogens is 420 g/mol. The van der Waals surface area contributed by atoms with Crippen LogP contribution in [0.4, 0.5) is 0 Å². The number of nitrogens with one attached hydrogen (secondary N) is 1. The van der Waals surface area contributed by atoms with Gasteiger partial charge in [-0.2, -0.15) is 0 Å². The van der Waals surface area contributed by atoms with Gasteiger partial charge in [-0.3, -0.25) is 19.3 Å². The fraction of sp³-hybridized carbons (Fsp3) is 0.864. The first-order chi connectivity index (χ1) is 15.1. The van der Waals surface area contributed by atoms with Crippen molar-refractivity contribution in [1.82, 2.24) is 10.2 Å². The third-order valence-electron chi connectivity index (χ3n) is 4.03. The average Bonchev–Trinajstić information content (AvgIpc) is 2.68. The summed E-state index contributed by atoms with van der Waals surface area (Å²) in [6.07, 6.45) is 0.940. The second kappa shape index (κ2) is 18.8. The van der Waals surface area contributed by atoms with Crippen LogP contribution in [0.2, 0.25) is 0 Å². The summed E-state index contributed by atoms with van der Waals surface area (Å²) in [7, 11) is 0. The summed E-state index contributed by atoms with van der Waals surface area (Å²) < 4.78 is 21.0. The number of ether oxygens (including phenoxy) is 4. The van der Waals surface area contributed by atoms with E-state index in [1.807, 2.05) is 0 Å². The van der Waals surface area contributed by atoms with E-state index in [-0.39, 0.29) is 42.7 Å². The number of hydrogen-bond acceptors (Lipinski definition) is 9. The first kappa shape index (κ1) is 30.2. The molecule has 0 fully saturated rings. The Balaban J connectivity index is 3.73. The molecule has 0 rings (SSSR count). The second-order valence-electron chi connectivity index (χ2n) is 8.55.